The van der Waals surface area contributed by atoms with Crippen molar-refractivity contribution in [3.05, 3.63) is 58.3 Å². The van der Waals surface area contributed by atoms with Crippen LogP contribution in [0.3, 0.4) is 0 Å². The van der Waals surface area contributed by atoms with Gasteiger partial charge in [0.05, 0.1) is 17.2 Å². The van der Waals surface area contributed by atoms with E-state index in [4.69, 9.17) is 0 Å². The Bertz CT molecular complexity index is 1090. The number of aromatic nitrogens is 1. The van der Waals surface area contributed by atoms with Crippen molar-refractivity contribution in [2.75, 3.05) is 13.1 Å². The summed E-state index contributed by atoms with van der Waals surface area (Å²) in [6.45, 7) is 1.29. The number of fused-ring (bicyclic) bond motifs is 3. The molecular formula is C21H20N2O3. The van der Waals surface area contributed by atoms with Gasteiger partial charge in [-0.05, 0) is 43.0 Å². The van der Waals surface area contributed by atoms with Crippen LogP contribution >= 0.6 is 0 Å². The molecule has 2 aromatic carbocycles. The number of likely N-dealkylation sites (tertiary alicyclic amines) is 1. The SMILES string of the molecule is O=C(c1cccc2c(=O)c3ccccc3[nH]c12)N1C[C@H]2CC[C@@H](O)[C@H]2C1. The highest BCUT2D eigenvalue weighted by Gasteiger charge is 2.43. The number of nitrogens with one attached hydrogen (secondary N) is 1. The molecule has 5 nitrogen and oxygen atoms in total. The molecule has 3 atom stereocenters. The standard InChI is InChI=1S/C21H20N2O3/c24-18-9-8-12-10-23(11-16(12)18)21(26)15-6-3-5-14-19(15)22-17-7-2-1-4-13(17)20(14)25/h1-7,12,16,18,24H,8-11H2,(H,22,25)/t12-,16+,18-/m1/s1. The average molecular weight is 348 g/mol. The number of rotatable bonds is 1. The van der Waals surface area contributed by atoms with Crippen LogP contribution in [0.15, 0.2) is 47.3 Å². The Kier molecular flexibility index (Phi) is 3.40. The number of amides is 1. The number of hydrogen-bond donors (Lipinski definition) is 2. The number of carbonyl (C=O) groups is 1. The summed E-state index contributed by atoms with van der Waals surface area (Å²) < 4.78 is 0. The minimum atomic E-state index is -0.297. The number of hydrogen-bond acceptors (Lipinski definition) is 3. The minimum Gasteiger partial charge on any atom is -0.393 e. The molecule has 5 rings (SSSR count). The fourth-order valence-electron chi connectivity index (χ4n) is 4.70. The van der Waals surface area contributed by atoms with E-state index in [1.165, 1.54) is 0 Å². The van der Waals surface area contributed by atoms with Crippen LogP contribution in [0.4, 0.5) is 0 Å². The number of H-pyrrole nitrogens is 1. The molecule has 1 aliphatic heterocycles. The van der Waals surface area contributed by atoms with Crippen molar-refractivity contribution in [3.8, 4) is 0 Å². The molecule has 1 aliphatic carbocycles. The van der Waals surface area contributed by atoms with Gasteiger partial charge in [0.25, 0.3) is 5.91 Å². The van der Waals surface area contributed by atoms with Crippen molar-refractivity contribution in [1.29, 1.82) is 0 Å². The molecule has 2 fully saturated rings. The summed E-state index contributed by atoms with van der Waals surface area (Å²) >= 11 is 0. The number of carbonyl (C=O) groups excluding carboxylic acids is 1. The number of pyridine rings is 1. The summed E-state index contributed by atoms with van der Waals surface area (Å²) in [5.41, 5.74) is 1.80. The maximum Gasteiger partial charge on any atom is 0.256 e. The number of aromatic amines is 1. The van der Waals surface area contributed by atoms with Crippen molar-refractivity contribution in [1.82, 2.24) is 9.88 Å². The number of aliphatic hydroxyl groups excluding tert-OH is 1. The quantitative estimate of drug-likeness (QED) is 0.664. The molecule has 0 spiro atoms. The van der Waals surface area contributed by atoms with Crippen molar-refractivity contribution in [2.45, 2.75) is 18.9 Å². The largest absolute Gasteiger partial charge is 0.393 e. The second-order valence-corrected chi connectivity index (χ2v) is 7.51. The van der Waals surface area contributed by atoms with E-state index < -0.39 is 0 Å². The van der Waals surface area contributed by atoms with E-state index >= 15 is 0 Å². The van der Waals surface area contributed by atoms with E-state index in [1.807, 2.05) is 23.1 Å². The lowest BCUT2D eigenvalue weighted by molar-refractivity contribution is 0.0754. The van der Waals surface area contributed by atoms with Gasteiger partial charge in [-0.2, -0.15) is 0 Å². The average Bonchev–Trinajstić information content (AvgIpc) is 3.23. The zero-order chi connectivity index (χ0) is 17.8. The summed E-state index contributed by atoms with van der Waals surface area (Å²) in [5.74, 6) is 0.515. The van der Waals surface area contributed by atoms with E-state index in [1.54, 1.807) is 24.3 Å². The lowest BCUT2D eigenvalue weighted by Gasteiger charge is -2.19. The summed E-state index contributed by atoms with van der Waals surface area (Å²) in [5, 5.41) is 11.3. The second kappa shape index (κ2) is 5.68. The van der Waals surface area contributed by atoms with Crippen LogP contribution in [0.1, 0.15) is 23.2 Å². The lowest BCUT2D eigenvalue weighted by Crippen LogP contribution is -2.31. The molecule has 2 N–H and O–H groups in total. The van der Waals surface area contributed by atoms with E-state index in [-0.39, 0.29) is 23.4 Å². The van der Waals surface area contributed by atoms with Crippen molar-refractivity contribution < 1.29 is 9.90 Å². The molecule has 1 amide bonds. The van der Waals surface area contributed by atoms with Gasteiger partial charge >= 0.3 is 0 Å². The van der Waals surface area contributed by atoms with E-state index in [2.05, 4.69) is 4.98 Å². The molecular weight excluding hydrogens is 328 g/mol. The first-order valence-corrected chi connectivity index (χ1v) is 9.14. The fourth-order valence-corrected chi connectivity index (χ4v) is 4.70. The first-order chi connectivity index (χ1) is 12.6. The number of nitrogens with zero attached hydrogens (tertiary/aromatic N) is 1. The molecule has 1 saturated heterocycles. The Hall–Kier alpha value is -2.66. The van der Waals surface area contributed by atoms with Crippen LogP contribution in [0, 0.1) is 11.8 Å². The third kappa shape index (κ3) is 2.20. The predicted molar refractivity (Wildman–Crippen MR) is 100 cm³/mol. The molecule has 1 aromatic heterocycles. The Morgan fingerprint density at radius 2 is 1.85 bits per heavy atom. The van der Waals surface area contributed by atoms with Gasteiger partial charge < -0.3 is 15.0 Å². The first kappa shape index (κ1) is 15.6. The molecule has 3 aromatic rings. The van der Waals surface area contributed by atoms with E-state index in [0.717, 1.165) is 18.4 Å². The summed E-state index contributed by atoms with van der Waals surface area (Å²) in [6, 6.07) is 12.7. The normalized spacial score (nSPS) is 25.1. The minimum absolute atomic E-state index is 0.0577. The molecule has 0 bridgehead atoms. The molecule has 26 heavy (non-hydrogen) atoms. The highest BCUT2D eigenvalue weighted by molar-refractivity contribution is 6.07. The maximum absolute atomic E-state index is 13.2. The van der Waals surface area contributed by atoms with Crippen molar-refractivity contribution in [3.63, 3.8) is 0 Å². The second-order valence-electron chi connectivity index (χ2n) is 7.51. The number of aliphatic hydroxyl groups is 1. The third-order valence-electron chi connectivity index (χ3n) is 6.08. The third-order valence-corrected chi connectivity index (χ3v) is 6.08. The van der Waals surface area contributed by atoms with Crippen LogP contribution in [0.5, 0.6) is 0 Å². The summed E-state index contributed by atoms with van der Waals surface area (Å²) in [4.78, 5) is 31.1. The molecule has 2 heterocycles. The Labute approximate surface area is 150 Å². The molecule has 0 unspecified atom stereocenters. The molecule has 132 valence electrons. The van der Waals surface area contributed by atoms with Crippen molar-refractivity contribution in [2.24, 2.45) is 11.8 Å². The van der Waals surface area contributed by atoms with E-state index in [0.29, 0.717) is 40.9 Å². The zero-order valence-electron chi connectivity index (χ0n) is 14.3. The van der Waals surface area contributed by atoms with Crippen LogP contribution in [-0.4, -0.2) is 40.1 Å². The highest BCUT2D eigenvalue weighted by Crippen LogP contribution is 2.38. The van der Waals surface area contributed by atoms with Gasteiger partial charge in [0.1, 0.15) is 0 Å². The molecule has 0 radical (unpaired) electrons. The zero-order valence-corrected chi connectivity index (χ0v) is 14.3. The topological polar surface area (TPSA) is 73.4 Å². The number of para-hydroxylation sites is 2. The smallest absolute Gasteiger partial charge is 0.256 e. The van der Waals surface area contributed by atoms with Gasteiger partial charge in [-0.15, -0.1) is 0 Å². The van der Waals surface area contributed by atoms with Gasteiger partial charge in [0.15, 0.2) is 5.43 Å². The van der Waals surface area contributed by atoms with Gasteiger partial charge in [-0.1, -0.05) is 18.2 Å². The Morgan fingerprint density at radius 1 is 1.04 bits per heavy atom. The highest BCUT2D eigenvalue weighted by atomic mass is 16.3. The van der Waals surface area contributed by atoms with Crippen LogP contribution in [0.2, 0.25) is 0 Å². The molecule has 1 saturated carbocycles. The first-order valence-electron chi connectivity index (χ1n) is 9.14. The fraction of sp³-hybridized carbons (Fsp3) is 0.333. The summed E-state index contributed by atoms with van der Waals surface area (Å²) in [6.07, 6.45) is 1.52. The van der Waals surface area contributed by atoms with Gasteiger partial charge in [-0.25, -0.2) is 0 Å². The summed E-state index contributed by atoms with van der Waals surface area (Å²) in [7, 11) is 0. The maximum atomic E-state index is 13.2. The monoisotopic (exact) mass is 348 g/mol. The van der Waals surface area contributed by atoms with Gasteiger partial charge in [0, 0.05) is 35.3 Å². The molecule has 5 heteroatoms. The Morgan fingerprint density at radius 3 is 2.69 bits per heavy atom. The van der Waals surface area contributed by atoms with Crippen LogP contribution < -0.4 is 5.43 Å². The van der Waals surface area contributed by atoms with Gasteiger partial charge in [0.2, 0.25) is 0 Å². The predicted octanol–water partition coefficient (Wildman–Crippen LogP) is 2.52. The number of benzene rings is 2. The van der Waals surface area contributed by atoms with Crippen molar-refractivity contribution >= 4 is 27.7 Å². The Balaban J connectivity index is 1.61. The lowest BCUT2D eigenvalue weighted by atomic mass is 10.00. The van der Waals surface area contributed by atoms with Crippen LogP contribution in [0.25, 0.3) is 21.8 Å². The molecule has 2 aliphatic rings. The van der Waals surface area contributed by atoms with Gasteiger partial charge in [-0.3, -0.25) is 9.59 Å². The van der Waals surface area contributed by atoms with Crippen LogP contribution in [-0.2, 0) is 0 Å². The van der Waals surface area contributed by atoms with E-state index in [9.17, 15) is 14.7 Å².